The van der Waals surface area contributed by atoms with Gasteiger partial charge in [-0.3, -0.25) is 9.59 Å². The summed E-state index contributed by atoms with van der Waals surface area (Å²) in [7, 11) is -0.345. The zero-order valence-corrected chi connectivity index (χ0v) is 10.3. The van der Waals surface area contributed by atoms with Gasteiger partial charge in [-0.25, -0.2) is 0 Å². The monoisotopic (exact) mass is 244 g/mol. The molecule has 7 heteroatoms. The molecular weight excluding hydrogens is 227 g/mol. The summed E-state index contributed by atoms with van der Waals surface area (Å²) in [5.74, 6) is -0.806. The first-order valence-electron chi connectivity index (χ1n) is 5.60. The quantitative estimate of drug-likeness (QED) is 0.526. The third-order valence-electron chi connectivity index (χ3n) is 2.29. The number of rotatable bonds is 4. The molecule has 1 aliphatic rings. The zero-order chi connectivity index (χ0) is 12.8. The van der Waals surface area contributed by atoms with Crippen LogP contribution in [0.1, 0.15) is 20.8 Å². The van der Waals surface area contributed by atoms with E-state index in [1.54, 1.807) is 0 Å². The molecule has 96 valence electrons. The zero-order valence-electron chi connectivity index (χ0n) is 10.3. The number of carbonyl (C=O) groups excluding carboxylic acids is 2. The van der Waals surface area contributed by atoms with E-state index in [0.29, 0.717) is 6.32 Å². The normalized spacial score (nSPS) is 24.3. The first kappa shape index (κ1) is 14.0. The number of hydrogen-bond acceptors (Lipinski definition) is 6. The Bertz CT molecular complexity index is 282. The first-order valence-corrected chi connectivity index (χ1v) is 5.60. The Labute approximate surface area is 101 Å². The van der Waals surface area contributed by atoms with Crippen molar-refractivity contribution in [1.29, 1.82) is 0 Å². The fourth-order valence-corrected chi connectivity index (χ4v) is 1.51. The minimum Gasteiger partial charge on any atom is -0.463 e. The van der Waals surface area contributed by atoms with Gasteiger partial charge in [0.05, 0.1) is 6.61 Å². The highest BCUT2D eigenvalue weighted by Gasteiger charge is 2.36. The largest absolute Gasteiger partial charge is 0.463 e. The molecule has 2 atom stereocenters. The minimum absolute atomic E-state index is 0.0626. The minimum atomic E-state index is -0.533. The van der Waals surface area contributed by atoms with E-state index in [1.165, 1.54) is 13.8 Å². The number of ether oxygens (including phenoxy) is 2. The SMILES string of the molecule is CCB1OC[C@H](OC(C)=O)[C@H](COC(C)=O)O1. The Balaban J connectivity index is 2.54. The maximum Gasteiger partial charge on any atom is 0.457 e. The average molecular weight is 244 g/mol. The van der Waals surface area contributed by atoms with Gasteiger partial charge in [-0.05, 0) is 6.32 Å². The van der Waals surface area contributed by atoms with Crippen molar-refractivity contribution in [2.24, 2.45) is 0 Å². The van der Waals surface area contributed by atoms with Gasteiger partial charge in [0.2, 0.25) is 0 Å². The van der Waals surface area contributed by atoms with Gasteiger partial charge in [-0.2, -0.15) is 0 Å². The van der Waals surface area contributed by atoms with Gasteiger partial charge in [0.15, 0.2) is 6.10 Å². The molecule has 0 aromatic rings. The van der Waals surface area contributed by atoms with Crippen LogP contribution in [0.2, 0.25) is 6.32 Å². The Morgan fingerprint density at radius 3 is 2.59 bits per heavy atom. The lowest BCUT2D eigenvalue weighted by Gasteiger charge is -2.33. The summed E-state index contributed by atoms with van der Waals surface area (Å²) < 4.78 is 20.8. The van der Waals surface area contributed by atoms with Gasteiger partial charge in [-0.1, -0.05) is 6.92 Å². The van der Waals surface area contributed by atoms with Crippen LogP contribution in [-0.2, 0) is 28.4 Å². The Morgan fingerprint density at radius 1 is 1.35 bits per heavy atom. The molecule has 0 unspecified atom stereocenters. The molecule has 1 rings (SSSR count). The van der Waals surface area contributed by atoms with Crippen LogP contribution in [0.15, 0.2) is 0 Å². The Hall–Kier alpha value is -1.08. The lowest BCUT2D eigenvalue weighted by atomic mass is 9.83. The molecule has 1 heterocycles. The highest BCUT2D eigenvalue weighted by atomic mass is 16.7. The molecule has 1 fully saturated rings. The molecule has 1 aliphatic heterocycles. The first-order chi connectivity index (χ1) is 8.02. The van der Waals surface area contributed by atoms with Gasteiger partial charge in [-0.15, -0.1) is 0 Å². The predicted octanol–water partition coefficient (Wildman–Crippen LogP) is 0.405. The van der Waals surface area contributed by atoms with Crippen LogP contribution in [-0.4, -0.2) is 44.5 Å². The van der Waals surface area contributed by atoms with E-state index >= 15 is 0 Å². The molecule has 6 nitrogen and oxygen atoms in total. The second-order valence-electron chi connectivity index (χ2n) is 3.80. The summed E-state index contributed by atoms with van der Waals surface area (Å²) in [6.07, 6.45) is -0.320. The van der Waals surface area contributed by atoms with Crippen LogP contribution in [0.5, 0.6) is 0 Å². The van der Waals surface area contributed by atoms with Crippen molar-refractivity contribution in [3.63, 3.8) is 0 Å². The third-order valence-corrected chi connectivity index (χ3v) is 2.29. The lowest BCUT2D eigenvalue weighted by Crippen LogP contribution is -2.50. The highest BCUT2D eigenvalue weighted by Crippen LogP contribution is 2.16. The smallest absolute Gasteiger partial charge is 0.457 e. The van der Waals surface area contributed by atoms with Gasteiger partial charge >= 0.3 is 19.1 Å². The van der Waals surface area contributed by atoms with Crippen molar-refractivity contribution in [2.75, 3.05) is 13.2 Å². The van der Waals surface area contributed by atoms with Crippen molar-refractivity contribution in [2.45, 2.75) is 39.3 Å². The van der Waals surface area contributed by atoms with Crippen LogP contribution in [0.3, 0.4) is 0 Å². The summed E-state index contributed by atoms with van der Waals surface area (Å²) in [5, 5.41) is 0. The van der Waals surface area contributed by atoms with Gasteiger partial charge < -0.3 is 18.8 Å². The van der Waals surface area contributed by atoms with Gasteiger partial charge in [0.25, 0.3) is 0 Å². The topological polar surface area (TPSA) is 71.1 Å². The third kappa shape index (κ3) is 4.74. The van der Waals surface area contributed by atoms with Gasteiger partial charge in [0.1, 0.15) is 12.7 Å². The summed E-state index contributed by atoms with van der Waals surface area (Å²) >= 11 is 0. The molecule has 0 aromatic heterocycles. The molecule has 0 N–H and O–H groups in total. The fraction of sp³-hybridized carbons (Fsp3) is 0.800. The van der Waals surface area contributed by atoms with Gasteiger partial charge in [0, 0.05) is 13.8 Å². The molecule has 0 aromatic carbocycles. The molecule has 0 radical (unpaired) electrons. The van der Waals surface area contributed by atoms with E-state index in [9.17, 15) is 9.59 Å². The molecule has 0 spiro atoms. The Morgan fingerprint density at radius 2 is 2.06 bits per heavy atom. The predicted molar refractivity (Wildman–Crippen MR) is 59.2 cm³/mol. The molecule has 1 saturated heterocycles. The van der Waals surface area contributed by atoms with Crippen molar-refractivity contribution in [1.82, 2.24) is 0 Å². The molecule has 17 heavy (non-hydrogen) atoms. The average Bonchev–Trinajstić information content (AvgIpc) is 2.27. The molecular formula is C10H17BO6. The number of carbonyl (C=O) groups is 2. The van der Waals surface area contributed by atoms with Crippen LogP contribution >= 0.6 is 0 Å². The summed E-state index contributed by atoms with van der Waals surface area (Å²) in [6.45, 7) is 4.86. The van der Waals surface area contributed by atoms with Crippen molar-refractivity contribution in [3.05, 3.63) is 0 Å². The van der Waals surface area contributed by atoms with Crippen LogP contribution in [0.25, 0.3) is 0 Å². The lowest BCUT2D eigenvalue weighted by molar-refractivity contribution is -0.165. The van der Waals surface area contributed by atoms with Crippen LogP contribution in [0, 0.1) is 0 Å². The van der Waals surface area contributed by atoms with Crippen molar-refractivity contribution < 1.29 is 28.4 Å². The molecule has 0 amide bonds. The van der Waals surface area contributed by atoms with E-state index in [-0.39, 0.29) is 20.3 Å². The number of hydrogen-bond donors (Lipinski definition) is 0. The van der Waals surface area contributed by atoms with E-state index < -0.39 is 24.1 Å². The van der Waals surface area contributed by atoms with E-state index in [4.69, 9.17) is 18.8 Å². The van der Waals surface area contributed by atoms with Crippen LogP contribution < -0.4 is 0 Å². The van der Waals surface area contributed by atoms with E-state index in [0.717, 1.165) is 0 Å². The summed E-state index contributed by atoms with van der Waals surface area (Å²) in [5.41, 5.74) is 0. The second-order valence-corrected chi connectivity index (χ2v) is 3.80. The highest BCUT2D eigenvalue weighted by molar-refractivity contribution is 6.44. The molecule has 0 aliphatic carbocycles. The number of esters is 2. The van der Waals surface area contributed by atoms with E-state index in [1.807, 2.05) is 6.92 Å². The molecule has 0 saturated carbocycles. The standard InChI is InChI=1S/C10H17BO6/c1-4-11-15-6-9(16-8(3)13)10(17-11)5-14-7(2)12/h9-10H,4-6H2,1-3H3/t9-,10-/m0/s1. The van der Waals surface area contributed by atoms with E-state index in [2.05, 4.69) is 0 Å². The summed E-state index contributed by atoms with van der Waals surface area (Å²) in [6, 6.07) is 0. The second kappa shape index (κ2) is 6.61. The van der Waals surface area contributed by atoms with Crippen molar-refractivity contribution >= 4 is 19.1 Å². The maximum absolute atomic E-state index is 10.9. The van der Waals surface area contributed by atoms with Crippen LogP contribution in [0.4, 0.5) is 0 Å². The maximum atomic E-state index is 10.9. The summed E-state index contributed by atoms with van der Waals surface area (Å²) in [4.78, 5) is 21.7. The fourth-order valence-electron chi connectivity index (χ4n) is 1.51. The Kier molecular flexibility index (Phi) is 5.44. The van der Waals surface area contributed by atoms with Crippen molar-refractivity contribution in [3.8, 4) is 0 Å². The molecule has 0 bridgehead atoms.